The zero-order valence-corrected chi connectivity index (χ0v) is 10.6. The molecule has 2 nitrogen and oxygen atoms in total. The molecule has 2 heterocycles. The Morgan fingerprint density at radius 1 is 0.889 bits per heavy atom. The number of hydrogen-bond donors (Lipinski definition) is 0. The fraction of sp³-hybridized carbons (Fsp3) is 0.0667. The summed E-state index contributed by atoms with van der Waals surface area (Å²) in [6.45, 7) is 2.04. The lowest BCUT2D eigenvalue weighted by Gasteiger charge is -2.04. The monoisotopic (exact) mass is 254 g/mol. The molecule has 18 heavy (non-hydrogen) atoms. The van der Waals surface area contributed by atoms with Crippen molar-refractivity contribution < 1.29 is 0 Å². The first-order valence-corrected chi connectivity index (χ1v) is 6.07. The standard InChI is InChI=1S/C15H11ClN2/c1-10-4-14(8-17-7-10)11-2-3-12-9-18-15(16)6-13(12)5-11/h2-9H,1H3. The SMILES string of the molecule is Cc1cncc(-c2ccc3cnc(Cl)cc3c2)c1. The maximum atomic E-state index is 5.92. The molecule has 0 amide bonds. The normalized spacial score (nSPS) is 10.8. The Morgan fingerprint density at radius 3 is 2.61 bits per heavy atom. The van der Waals surface area contributed by atoms with Crippen LogP contribution in [0.3, 0.4) is 0 Å². The van der Waals surface area contributed by atoms with Gasteiger partial charge in [-0.2, -0.15) is 0 Å². The van der Waals surface area contributed by atoms with E-state index in [2.05, 4.69) is 34.2 Å². The predicted octanol–water partition coefficient (Wildman–Crippen LogP) is 4.26. The van der Waals surface area contributed by atoms with Crippen molar-refractivity contribution in [3.63, 3.8) is 0 Å². The summed E-state index contributed by atoms with van der Waals surface area (Å²) in [5, 5.41) is 2.69. The van der Waals surface area contributed by atoms with Crippen molar-refractivity contribution in [1.29, 1.82) is 0 Å². The highest BCUT2D eigenvalue weighted by molar-refractivity contribution is 6.30. The van der Waals surface area contributed by atoms with Gasteiger partial charge >= 0.3 is 0 Å². The molecule has 0 saturated heterocycles. The first-order chi connectivity index (χ1) is 8.72. The summed E-state index contributed by atoms with van der Waals surface area (Å²) >= 11 is 5.92. The van der Waals surface area contributed by atoms with Gasteiger partial charge in [0.25, 0.3) is 0 Å². The highest BCUT2D eigenvalue weighted by Gasteiger charge is 2.01. The molecule has 88 valence electrons. The van der Waals surface area contributed by atoms with Gasteiger partial charge in [-0.25, -0.2) is 4.98 Å². The lowest BCUT2D eigenvalue weighted by molar-refractivity contribution is 1.27. The maximum absolute atomic E-state index is 5.92. The molecule has 0 spiro atoms. The summed E-state index contributed by atoms with van der Waals surface area (Å²) in [5.41, 5.74) is 3.41. The average Bonchev–Trinajstić information content (AvgIpc) is 2.38. The predicted molar refractivity (Wildman–Crippen MR) is 74.7 cm³/mol. The minimum Gasteiger partial charge on any atom is -0.264 e. The Bertz CT molecular complexity index is 723. The van der Waals surface area contributed by atoms with Crippen LogP contribution in [0, 0.1) is 6.92 Å². The van der Waals surface area contributed by atoms with Gasteiger partial charge in [-0.05, 0) is 41.6 Å². The molecule has 0 bridgehead atoms. The van der Waals surface area contributed by atoms with Crippen LogP contribution in [0.25, 0.3) is 21.9 Å². The molecule has 0 radical (unpaired) electrons. The molecule has 3 rings (SSSR count). The fourth-order valence-electron chi connectivity index (χ4n) is 2.01. The maximum Gasteiger partial charge on any atom is 0.129 e. The van der Waals surface area contributed by atoms with Crippen molar-refractivity contribution in [1.82, 2.24) is 9.97 Å². The minimum absolute atomic E-state index is 0.516. The number of rotatable bonds is 1. The summed E-state index contributed by atoms with van der Waals surface area (Å²) in [6.07, 6.45) is 5.51. The number of fused-ring (bicyclic) bond motifs is 1. The topological polar surface area (TPSA) is 25.8 Å². The van der Waals surface area contributed by atoms with Gasteiger partial charge in [0.2, 0.25) is 0 Å². The molecule has 2 aromatic heterocycles. The smallest absolute Gasteiger partial charge is 0.129 e. The van der Waals surface area contributed by atoms with E-state index in [0.29, 0.717) is 5.15 Å². The summed E-state index contributed by atoms with van der Waals surface area (Å²) in [7, 11) is 0. The van der Waals surface area contributed by atoms with E-state index < -0.39 is 0 Å². The summed E-state index contributed by atoms with van der Waals surface area (Å²) in [6, 6.07) is 10.2. The number of benzene rings is 1. The first kappa shape index (κ1) is 11.2. The van der Waals surface area contributed by atoms with E-state index in [-0.39, 0.29) is 0 Å². The van der Waals surface area contributed by atoms with E-state index in [9.17, 15) is 0 Å². The summed E-state index contributed by atoms with van der Waals surface area (Å²) < 4.78 is 0. The molecule has 0 aliphatic rings. The van der Waals surface area contributed by atoms with Crippen LogP contribution < -0.4 is 0 Å². The van der Waals surface area contributed by atoms with Crippen LogP contribution in [0.5, 0.6) is 0 Å². The van der Waals surface area contributed by atoms with Gasteiger partial charge in [-0.1, -0.05) is 23.7 Å². The van der Waals surface area contributed by atoms with Crippen LogP contribution >= 0.6 is 11.6 Å². The molecule has 0 unspecified atom stereocenters. The summed E-state index contributed by atoms with van der Waals surface area (Å²) in [4.78, 5) is 8.30. The molecular formula is C15H11ClN2. The van der Waals surface area contributed by atoms with Crippen LogP contribution in [0.4, 0.5) is 0 Å². The minimum atomic E-state index is 0.516. The van der Waals surface area contributed by atoms with Gasteiger partial charge in [0.05, 0.1) is 0 Å². The van der Waals surface area contributed by atoms with Gasteiger partial charge in [0.15, 0.2) is 0 Å². The van der Waals surface area contributed by atoms with Gasteiger partial charge < -0.3 is 0 Å². The molecule has 0 saturated carbocycles. The molecule has 3 aromatic rings. The van der Waals surface area contributed by atoms with Crippen LogP contribution in [0.2, 0.25) is 5.15 Å². The van der Waals surface area contributed by atoms with Crippen molar-refractivity contribution in [2.75, 3.05) is 0 Å². The lowest BCUT2D eigenvalue weighted by atomic mass is 10.0. The van der Waals surface area contributed by atoms with Crippen molar-refractivity contribution in [3.05, 3.63) is 59.6 Å². The number of aryl methyl sites for hydroxylation is 1. The van der Waals surface area contributed by atoms with Gasteiger partial charge in [-0.15, -0.1) is 0 Å². The van der Waals surface area contributed by atoms with E-state index in [1.807, 2.05) is 25.4 Å². The molecule has 0 N–H and O–H groups in total. The molecule has 0 aliphatic heterocycles. The van der Waals surface area contributed by atoms with Crippen molar-refractivity contribution in [2.24, 2.45) is 0 Å². The van der Waals surface area contributed by atoms with Gasteiger partial charge in [0, 0.05) is 29.5 Å². The molecule has 0 fully saturated rings. The van der Waals surface area contributed by atoms with Crippen LogP contribution in [-0.4, -0.2) is 9.97 Å². The van der Waals surface area contributed by atoms with E-state index >= 15 is 0 Å². The number of nitrogens with zero attached hydrogens (tertiary/aromatic N) is 2. The van der Waals surface area contributed by atoms with Crippen LogP contribution in [0.1, 0.15) is 5.56 Å². The highest BCUT2D eigenvalue weighted by Crippen LogP contribution is 2.25. The fourth-order valence-corrected chi connectivity index (χ4v) is 2.17. The third-order valence-corrected chi connectivity index (χ3v) is 3.10. The summed E-state index contributed by atoms with van der Waals surface area (Å²) in [5.74, 6) is 0. The van der Waals surface area contributed by atoms with E-state index in [0.717, 1.165) is 27.5 Å². The van der Waals surface area contributed by atoms with E-state index in [1.165, 1.54) is 0 Å². The second-order valence-electron chi connectivity index (χ2n) is 4.32. The van der Waals surface area contributed by atoms with Crippen LogP contribution in [0.15, 0.2) is 48.9 Å². The van der Waals surface area contributed by atoms with Crippen molar-refractivity contribution in [2.45, 2.75) is 6.92 Å². The third kappa shape index (κ3) is 2.07. The first-order valence-electron chi connectivity index (χ1n) is 5.70. The van der Waals surface area contributed by atoms with Crippen molar-refractivity contribution >= 4 is 22.4 Å². The van der Waals surface area contributed by atoms with Gasteiger partial charge in [0.1, 0.15) is 5.15 Å². The Kier molecular flexibility index (Phi) is 2.73. The molecule has 3 heteroatoms. The number of hydrogen-bond acceptors (Lipinski definition) is 2. The Hall–Kier alpha value is -1.93. The quantitative estimate of drug-likeness (QED) is 0.607. The lowest BCUT2D eigenvalue weighted by Crippen LogP contribution is -1.84. The number of pyridine rings is 2. The van der Waals surface area contributed by atoms with Crippen molar-refractivity contribution in [3.8, 4) is 11.1 Å². The zero-order valence-electron chi connectivity index (χ0n) is 9.89. The largest absolute Gasteiger partial charge is 0.264 e. The second kappa shape index (κ2) is 4.39. The van der Waals surface area contributed by atoms with E-state index in [1.54, 1.807) is 6.20 Å². The van der Waals surface area contributed by atoms with Gasteiger partial charge in [-0.3, -0.25) is 4.98 Å². The average molecular weight is 255 g/mol. The van der Waals surface area contributed by atoms with E-state index in [4.69, 9.17) is 11.6 Å². The Balaban J connectivity index is 2.18. The molecule has 0 atom stereocenters. The zero-order chi connectivity index (χ0) is 12.5. The molecule has 0 aliphatic carbocycles. The third-order valence-electron chi connectivity index (χ3n) is 2.90. The Morgan fingerprint density at radius 2 is 1.78 bits per heavy atom. The second-order valence-corrected chi connectivity index (χ2v) is 4.71. The molecule has 1 aromatic carbocycles. The highest BCUT2D eigenvalue weighted by atomic mass is 35.5. The number of halogens is 1. The molecular weight excluding hydrogens is 244 g/mol. The number of aromatic nitrogens is 2. The Labute approximate surface area is 110 Å². The van der Waals surface area contributed by atoms with Crippen LogP contribution in [-0.2, 0) is 0 Å².